The third kappa shape index (κ3) is 4.46. The smallest absolute Gasteiger partial charge is 0.221 e. The Balaban J connectivity index is 2.07. The van der Waals surface area contributed by atoms with E-state index >= 15 is 0 Å². The molecule has 1 saturated heterocycles. The first-order valence-electron chi connectivity index (χ1n) is 7.75. The van der Waals surface area contributed by atoms with Crippen molar-refractivity contribution in [1.29, 1.82) is 0 Å². The summed E-state index contributed by atoms with van der Waals surface area (Å²) in [5.41, 5.74) is 2.06. The highest BCUT2D eigenvalue weighted by Gasteiger charge is 2.19. The Morgan fingerprint density at radius 2 is 2.24 bits per heavy atom. The fourth-order valence-electron chi connectivity index (χ4n) is 3.05. The van der Waals surface area contributed by atoms with Crippen LogP contribution < -0.4 is 10.1 Å². The molecule has 1 amide bonds. The van der Waals surface area contributed by atoms with Gasteiger partial charge in [0, 0.05) is 18.7 Å². The van der Waals surface area contributed by atoms with Crippen LogP contribution in [0.5, 0.6) is 5.75 Å². The zero-order chi connectivity index (χ0) is 15.2. The van der Waals surface area contributed by atoms with E-state index in [1.165, 1.54) is 25.8 Å². The average Bonchev–Trinajstić information content (AvgIpc) is 2.47. The predicted octanol–water partition coefficient (Wildman–Crippen LogP) is 3.07. The number of carbonyl (C=O) groups excluding carboxylic acids is 1. The van der Waals surface area contributed by atoms with Crippen molar-refractivity contribution >= 4 is 11.6 Å². The molecule has 1 aliphatic heterocycles. The highest BCUT2D eigenvalue weighted by molar-refractivity contribution is 5.89. The van der Waals surface area contributed by atoms with Gasteiger partial charge in [0.05, 0.1) is 7.11 Å². The lowest BCUT2D eigenvalue weighted by molar-refractivity contribution is -0.114. The van der Waals surface area contributed by atoms with Crippen LogP contribution >= 0.6 is 0 Å². The summed E-state index contributed by atoms with van der Waals surface area (Å²) < 4.78 is 5.30. The van der Waals surface area contributed by atoms with Crippen LogP contribution in [-0.2, 0) is 11.2 Å². The van der Waals surface area contributed by atoms with Gasteiger partial charge in [-0.25, -0.2) is 0 Å². The van der Waals surface area contributed by atoms with Gasteiger partial charge in [-0.1, -0.05) is 6.42 Å². The number of nitrogens with one attached hydrogen (secondary N) is 1. The molecule has 1 unspecified atom stereocenters. The summed E-state index contributed by atoms with van der Waals surface area (Å²) in [4.78, 5) is 13.8. The van der Waals surface area contributed by atoms with Crippen LogP contribution in [0, 0.1) is 0 Å². The first-order chi connectivity index (χ1) is 10.1. The largest absolute Gasteiger partial charge is 0.497 e. The molecule has 21 heavy (non-hydrogen) atoms. The van der Waals surface area contributed by atoms with Crippen LogP contribution in [0.1, 0.15) is 38.2 Å². The van der Waals surface area contributed by atoms with Crippen LogP contribution in [0.2, 0.25) is 0 Å². The van der Waals surface area contributed by atoms with Crippen molar-refractivity contribution in [2.75, 3.05) is 26.0 Å². The summed E-state index contributed by atoms with van der Waals surface area (Å²) in [7, 11) is 3.89. The minimum absolute atomic E-state index is 0.0313. The first-order valence-corrected chi connectivity index (χ1v) is 7.75. The van der Waals surface area contributed by atoms with Crippen molar-refractivity contribution in [3.63, 3.8) is 0 Å². The third-order valence-corrected chi connectivity index (χ3v) is 4.29. The highest BCUT2D eigenvalue weighted by atomic mass is 16.5. The van der Waals surface area contributed by atoms with Gasteiger partial charge in [0.1, 0.15) is 5.75 Å². The predicted molar refractivity (Wildman–Crippen MR) is 85.9 cm³/mol. The first kappa shape index (κ1) is 15.8. The number of ether oxygens (including phenoxy) is 1. The molecule has 0 aromatic heterocycles. The molecule has 0 radical (unpaired) electrons. The number of hydrogen-bond donors (Lipinski definition) is 1. The Bertz CT molecular complexity index is 488. The van der Waals surface area contributed by atoms with Gasteiger partial charge in [0.25, 0.3) is 0 Å². The Morgan fingerprint density at radius 3 is 2.90 bits per heavy atom. The quantitative estimate of drug-likeness (QED) is 0.906. The van der Waals surface area contributed by atoms with Gasteiger partial charge in [-0.05, 0) is 63.0 Å². The summed E-state index contributed by atoms with van der Waals surface area (Å²) in [6, 6.07) is 6.51. The van der Waals surface area contributed by atoms with Crippen LogP contribution in [0.15, 0.2) is 18.2 Å². The summed E-state index contributed by atoms with van der Waals surface area (Å²) in [5.74, 6) is 0.812. The molecule has 0 bridgehead atoms. The lowest BCUT2D eigenvalue weighted by atomic mass is 9.95. The second kappa shape index (κ2) is 7.46. The summed E-state index contributed by atoms with van der Waals surface area (Å²) in [5, 5.41) is 2.92. The average molecular weight is 290 g/mol. The van der Waals surface area contributed by atoms with Gasteiger partial charge in [0.2, 0.25) is 5.91 Å². The molecule has 2 rings (SSSR count). The van der Waals surface area contributed by atoms with Gasteiger partial charge >= 0.3 is 0 Å². The maximum absolute atomic E-state index is 11.3. The normalized spacial score (nSPS) is 19.3. The molecule has 1 heterocycles. The Hall–Kier alpha value is -1.55. The molecule has 1 aromatic carbocycles. The van der Waals surface area contributed by atoms with Crippen molar-refractivity contribution in [3.05, 3.63) is 23.8 Å². The number of rotatable bonds is 5. The van der Waals surface area contributed by atoms with E-state index in [2.05, 4.69) is 17.3 Å². The van der Waals surface area contributed by atoms with E-state index in [-0.39, 0.29) is 5.91 Å². The minimum atomic E-state index is -0.0313. The van der Waals surface area contributed by atoms with E-state index in [9.17, 15) is 4.79 Å². The van der Waals surface area contributed by atoms with Gasteiger partial charge < -0.3 is 15.0 Å². The van der Waals surface area contributed by atoms with E-state index < -0.39 is 0 Å². The standard InChI is InChI=1S/C17H26N2O2/c1-13(20)18-17-10-9-16(21-3)12-14(17)7-8-15-6-4-5-11-19(15)2/h9-10,12,15H,4-8,11H2,1-3H3,(H,18,20). The van der Waals surface area contributed by atoms with Crippen LogP contribution in [0.25, 0.3) is 0 Å². The molecule has 1 aliphatic rings. The SMILES string of the molecule is COc1ccc(NC(C)=O)c(CCC2CCCCN2C)c1. The van der Waals surface area contributed by atoms with Gasteiger partial charge in [0.15, 0.2) is 0 Å². The van der Waals surface area contributed by atoms with Crippen molar-refractivity contribution in [3.8, 4) is 5.75 Å². The lowest BCUT2D eigenvalue weighted by Crippen LogP contribution is -2.36. The molecule has 1 atom stereocenters. The maximum Gasteiger partial charge on any atom is 0.221 e. The number of piperidine rings is 1. The van der Waals surface area contributed by atoms with Crippen LogP contribution in [0.4, 0.5) is 5.69 Å². The minimum Gasteiger partial charge on any atom is -0.497 e. The van der Waals surface area contributed by atoms with E-state index in [1.54, 1.807) is 14.0 Å². The number of methoxy groups -OCH3 is 1. The molecular weight excluding hydrogens is 264 g/mol. The van der Waals surface area contributed by atoms with E-state index in [0.717, 1.165) is 29.8 Å². The highest BCUT2D eigenvalue weighted by Crippen LogP contribution is 2.26. The van der Waals surface area contributed by atoms with Gasteiger partial charge in [-0.15, -0.1) is 0 Å². The molecule has 4 heteroatoms. The van der Waals surface area contributed by atoms with Crippen molar-refractivity contribution in [2.24, 2.45) is 0 Å². The molecular formula is C17H26N2O2. The van der Waals surface area contributed by atoms with Crippen LogP contribution in [0.3, 0.4) is 0 Å². The van der Waals surface area contributed by atoms with E-state index in [4.69, 9.17) is 4.74 Å². The Morgan fingerprint density at radius 1 is 1.43 bits per heavy atom. The second-order valence-electron chi connectivity index (χ2n) is 5.87. The summed E-state index contributed by atoms with van der Waals surface area (Å²) in [6.45, 7) is 2.74. The topological polar surface area (TPSA) is 41.6 Å². The number of amides is 1. The fraction of sp³-hybridized carbons (Fsp3) is 0.588. The molecule has 1 fully saturated rings. The van der Waals surface area contributed by atoms with Crippen molar-refractivity contribution < 1.29 is 9.53 Å². The molecule has 4 nitrogen and oxygen atoms in total. The molecule has 116 valence electrons. The van der Waals surface area contributed by atoms with Gasteiger partial charge in [-0.3, -0.25) is 4.79 Å². The summed E-state index contributed by atoms with van der Waals surface area (Å²) in [6.07, 6.45) is 5.99. The number of aryl methyl sites for hydroxylation is 1. The number of hydrogen-bond acceptors (Lipinski definition) is 3. The fourth-order valence-corrected chi connectivity index (χ4v) is 3.05. The molecule has 1 N–H and O–H groups in total. The number of carbonyl (C=O) groups is 1. The van der Waals surface area contributed by atoms with E-state index in [1.807, 2.05) is 18.2 Å². The van der Waals surface area contributed by atoms with E-state index in [0.29, 0.717) is 6.04 Å². The number of benzene rings is 1. The molecule has 1 aromatic rings. The zero-order valence-electron chi connectivity index (χ0n) is 13.3. The number of nitrogens with zero attached hydrogens (tertiary/aromatic N) is 1. The molecule has 0 spiro atoms. The number of likely N-dealkylation sites (tertiary alicyclic amines) is 1. The van der Waals surface area contributed by atoms with Crippen LogP contribution in [-0.4, -0.2) is 37.6 Å². The van der Waals surface area contributed by atoms with Crippen molar-refractivity contribution in [2.45, 2.75) is 45.1 Å². The van der Waals surface area contributed by atoms with Crippen molar-refractivity contribution in [1.82, 2.24) is 4.90 Å². The van der Waals surface area contributed by atoms with Gasteiger partial charge in [-0.2, -0.15) is 0 Å². The maximum atomic E-state index is 11.3. The summed E-state index contributed by atoms with van der Waals surface area (Å²) >= 11 is 0. The Kier molecular flexibility index (Phi) is 5.62. The zero-order valence-corrected chi connectivity index (χ0v) is 13.3. The number of anilines is 1. The third-order valence-electron chi connectivity index (χ3n) is 4.29. The molecule has 0 saturated carbocycles. The monoisotopic (exact) mass is 290 g/mol. The Labute approximate surface area is 127 Å². The lowest BCUT2D eigenvalue weighted by Gasteiger charge is -2.32. The molecule has 0 aliphatic carbocycles. The second-order valence-corrected chi connectivity index (χ2v) is 5.87.